The summed E-state index contributed by atoms with van der Waals surface area (Å²) in [6.07, 6.45) is 0. The van der Waals surface area contributed by atoms with Crippen LogP contribution in [0.4, 0.5) is 0 Å². The maximum Gasteiger partial charge on any atom is 0.184 e. The second kappa shape index (κ2) is 7.51. The summed E-state index contributed by atoms with van der Waals surface area (Å²) in [4.78, 5) is 0. The summed E-state index contributed by atoms with van der Waals surface area (Å²) in [7, 11) is 0. The van der Waals surface area contributed by atoms with E-state index < -0.39 is 0 Å². The number of thiocarbonyl (C=S) groups is 2. The van der Waals surface area contributed by atoms with Crippen molar-refractivity contribution in [1.82, 2.24) is 10.9 Å². The molecule has 0 atom stereocenters. The zero-order valence-corrected chi connectivity index (χ0v) is 12.8. The predicted octanol–water partition coefficient (Wildman–Crippen LogP) is 0.801. The van der Waals surface area contributed by atoms with Crippen molar-refractivity contribution in [3.05, 3.63) is 35.4 Å². The second-order valence-electron chi connectivity index (χ2n) is 3.93. The maximum atomic E-state index is 5.33. The Morgan fingerprint density at radius 3 is 1.70 bits per heavy atom. The van der Waals surface area contributed by atoms with Crippen molar-refractivity contribution in [1.29, 1.82) is 0 Å². The second-order valence-corrected chi connectivity index (χ2v) is 4.81. The van der Waals surface area contributed by atoms with Crippen LogP contribution in [-0.2, 0) is 0 Å². The molecule has 106 valence electrons. The number of hydrogen-bond donors (Lipinski definition) is 4. The third kappa shape index (κ3) is 5.29. The van der Waals surface area contributed by atoms with Gasteiger partial charge in [-0.25, -0.2) is 0 Å². The molecule has 8 heteroatoms. The molecule has 0 aliphatic rings. The van der Waals surface area contributed by atoms with Crippen LogP contribution in [0.1, 0.15) is 25.0 Å². The minimum Gasteiger partial charge on any atom is -0.375 e. The lowest BCUT2D eigenvalue weighted by Gasteiger charge is -2.06. The van der Waals surface area contributed by atoms with E-state index in [1.165, 1.54) is 0 Å². The predicted molar refractivity (Wildman–Crippen MR) is 90.7 cm³/mol. The number of rotatable bonds is 4. The average molecular weight is 308 g/mol. The van der Waals surface area contributed by atoms with Crippen molar-refractivity contribution in [2.75, 3.05) is 0 Å². The molecular weight excluding hydrogens is 292 g/mol. The van der Waals surface area contributed by atoms with Gasteiger partial charge in [0.25, 0.3) is 0 Å². The van der Waals surface area contributed by atoms with Crippen LogP contribution in [-0.4, -0.2) is 21.6 Å². The standard InChI is InChI=1S/C12H16N6S2/c1-7(15-17-11(13)19)9-4-3-5-10(6-9)8(2)16-18-12(14)20/h3-6H,1-2H3,(H3,13,17,19)(H3,14,18,20)/b15-7-,16-8+. The zero-order chi connectivity index (χ0) is 15.1. The van der Waals surface area contributed by atoms with E-state index in [1.54, 1.807) is 0 Å². The first kappa shape index (κ1) is 16.0. The fourth-order valence-electron chi connectivity index (χ4n) is 1.38. The molecule has 0 aliphatic carbocycles. The fourth-order valence-corrected chi connectivity index (χ4v) is 1.47. The van der Waals surface area contributed by atoms with E-state index in [-0.39, 0.29) is 10.2 Å². The SMILES string of the molecule is C/C(=N/NC(N)=S)c1cccc(/C(C)=N/NC(N)=S)c1. The normalized spacial score (nSPS) is 11.9. The molecule has 0 radical (unpaired) electrons. The summed E-state index contributed by atoms with van der Waals surface area (Å²) < 4.78 is 0. The molecule has 1 aromatic carbocycles. The van der Waals surface area contributed by atoms with E-state index in [9.17, 15) is 0 Å². The number of benzene rings is 1. The van der Waals surface area contributed by atoms with E-state index in [0.29, 0.717) is 0 Å². The minimum atomic E-state index is 0.124. The van der Waals surface area contributed by atoms with Gasteiger partial charge in [0.15, 0.2) is 10.2 Å². The number of nitrogens with one attached hydrogen (secondary N) is 2. The molecule has 6 N–H and O–H groups in total. The minimum absolute atomic E-state index is 0.124. The third-order valence-corrected chi connectivity index (χ3v) is 2.55. The third-order valence-electron chi connectivity index (χ3n) is 2.37. The maximum absolute atomic E-state index is 5.33. The van der Waals surface area contributed by atoms with Crippen LogP contribution in [0.2, 0.25) is 0 Å². The highest BCUT2D eigenvalue weighted by Gasteiger charge is 2.02. The monoisotopic (exact) mass is 308 g/mol. The smallest absolute Gasteiger partial charge is 0.184 e. The number of nitrogens with two attached hydrogens (primary N) is 2. The van der Waals surface area contributed by atoms with Crippen LogP contribution in [0.5, 0.6) is 0 Å². The van der Waals surface area contributed by atoms with E-state index in [1.807, 2.05) is 38.1 Å². The summed E-state index contributed by atoms with van der Waals surface area (Å²) >= 11 is 9.40. The molecule has 0 aliphatic heterocycles. The molecule has 1 aromatic rings. The van der Waals surface area contributed by atoms with Gasteiger partial charge >= 0.3 is 0 Å². The summed E-state index contributed by atoms with van der Waals surface area (Å²) in [5, 5.41) is 8.39. The van der Waals surface area contributed by atoms with Gasteiger partial charge in [0.05, 0.1) is 11.4 Å². The van der Waals surface area contributed by atoms with Crippen LogP contribution in [0.25, 0.3) is 0 Å². The highest BCUT2D eigenvalue weighted by Crippen LogP contribution is 2.07. The Bertz CT molecular complexity index is 532. The largest absolute Gasteiger partial charge is 0.375 e. The van der Waals surface area contributed by atoms with Gasteiger partial charge in [-0.05, 0) is 55.5 Å². The van der Waals surface area contributed by atoms with Gasteiger partial charge in [0.2, 0.25) is 0 Å². The van der Waals surface area contributed by atoms with Gasteiger partial charge in [-0.15, -0.1) is 0 Å². The Kier molecular flexibility index (Phi) is 6.01. The molecule has 0 unspecified atom stereocenters. The van der Waals surface area contributed by atoms with Crippen molar-refractivity contribution in [3.8, 4) is 0 Å². The van der Waals surface area contributed by atoms with Gasteiger partial charge in [-0.3, -0.25) is 10.9 Å². The van der Waals surface area contributed by atoms with Crippen molar-refractivity contribution in [2.45, 2.75) is 13.8 Å². The zero-order valence-electron chi connectivity index (χ0n) is 11.2. The first-order chi connectivity index (χ1) is 9.40. The Morgan fingerprint density at radius 1 is 0.950 bits per heavy atom. The van der Waals surface area contributed by atoms with Gasteiger partial charge in [0, 0.05) is 0 Å². The summed E-state index contributed by atoms with van der Waals surface area (Å²) in [5.41, 5.74) is 19.1. The Labute approximate surface area is 128 Å². The molecule has 1 rings (SSSR count). The Balaban J connectivity index is 2.95. The number of hydrazone groups is 2. The molecule has 0 saturated heterocycles. The average Bonchev–Trinajstić information content (AvgIpc) is 2.42. The summed E-state index contributed by atoms with van der Waals surface area (Å²) in [5.74, 6) is 0. The summed E-state index contributed by atoms with van der Waals surface area (Å²) in [6.45, 7) is 3.70. The van der Waals surface area contributed by atoms with Crippen LogP contribution in [0, 0.1) is 0 Å². The van der Waals surface area contributed by atoms with E-state index in [2.05, 4.69) is 21.1 Å². The molecule has 0 spiro atoms. The molecule has 20 heavy (non-hydrogen) atoms. The van der Waals surface area contributed by atoms with Gasteiger partial charge in [-0.2, -0.15) is 10.2 Å². The molecule has 0 amide bonds. The highest BCUT2D eigenvalue weighted by molar-refractivity contribution is 7.80. The summed E-state index contributed by atoms with van der Waals surface area (Å²) in [6, 6.07) is 7.71. The quantitative estimate of drug-likeness (QED) is 0.373. The number of hydrogen-bond acceptors (Lipinski definition) is 4. The molecule has 0 fully saturated rings. The van der Waals surface area contributed by atoms with E-state index in [0.717, 1.165) is 22.6 Å². The van der Waals surface area contributed by atoms with Crippen molar-refractivity contribution < 1.29 is 0 Å². The van der Waals surface area contributed by atoms with Crippen LogP contribution in [0.3, 0.4) is 0 Å². The van der Waals surface area contributed by atoms with Crippen LogP contribution in [0.15, 0.2) is 34.5 Å². The first-order valence-electron chi connectivity index (χ1n) is 5.70. The molecule has 6 nitrogen and oxygen atoms in total. The van der Waals surface area contributed by atoms with Gasteiger partial charge < -0.3 is 11.5 Å². The first-order valence-corrected chi connectivity index (χ1v) is 6.52. The lowest BCUT2D eigenvalue weighted by atomic mass is 10.1. The highest BCUT2D eigenvalue weighted by atomic mass is 32.1. The van der Waals surface area contributed by atoms with Gasteiger partial charge in [0.1, 0.15) is 0 Å². The Hall–Kier alpha value is -2.06. The van der Waals surface area contributed by atoms with E-state index >= 15 is 0 Å². The lowest BCUT2D eigenvalue weighted by Crippen LogP contribution is -2.25. The number of nitrogens with zero attached hydrogens (tertiary/aromatic N) is 2. The van der Waals surface area contributed by atoms with Crippen LogP contribution < -0.4 is 22.3 Å². The van der Waals surface area contributed by atoms with Crippen molar-refractivity contribution in [3.63, 3.8) is 0 Å². The van der Waals surface area contributed by atoms with Crippen molar-refractivity contribution in [2.24, 2.45) is 21.7 Å². The Morgan fingerprint density at radius 2 is 1.35 bits per heavy atom. The molecule has 0 heterocycles. The van der Waals surface area contributed by atoms with Gasteiger partial charge in [-0.1, -0.05) is 18.2 Å². The molecule has 0 aromatic heterocycles. The molecule has 0 bridgehead atoms. The molecular formula is C12H16N6S2. The topological polar surface area (TPSA) is 101 Å². The van der Waals surface area contributed by atoms with Crippen LogP contribution >= 0.6 is 24.4 Å². The molecule has 0 saturated carbocycles. The van der Waals surface area contributed by atoms with E-state index in [4.69, 9.17) is 35.9 Å². The fraction of sp³-hybridized carbons (Fsp3) is 0.167. The lowest BCUT2D eigenvalue weighted by molar-refractivity contribution is 1.03. The van der Waals surface area contributed by atoms with Crippen molar-refractivity contribution >= 4 is 46.1 Å².